The first-order chi connectivity index (χ1) is 12.0. The third kappa shape index (κ3) is 3.24. The van der Waals surface area contributed by atoms with Crippen molar-refractivity contribution in [2.75, 3.05) is 17.5 Å². The van der Waals surface area contributed by atoms with Crippen LogP contribution in [0.5, 0.6) is 0 Å². The maximum atomic E-state index is 13.0. The molecule has 1 aromatic carbocycles. The molecule has 1 aliphatic heterocycles. The molecule has 1 aliphatic rings. The third-order valence-electron chi connectivity index (χ3n) is 3.21. The van der Waals surface area contributed by atoms with Crippen LogP contribution in [0.3, 0.4) is 0 Å². The first-order valence-corrected chi connectivity index (χ1v) is 8.57. The number of sulfonamides is 1. The van der Waals surface area contributed by atoms with E-state index in [2.05, 4.69) is 10.1 Å². The summed E-state index contributed by atoms with van der Waals surface area (Å²) in [5.41, 5.74) is -0.0151. The number of amides is 1. The van der Waals surface area contributed by atoms with Gasteiger partial charge in [-0.25, -0.2) is 9.78 Å². The van der Waals surface area contributed by atoms with Gasteiger partial charge in [0.2, 0.25) is 0 Å². The monoisotopic (exact) mass is 363 g/mol. The Hall–Kier alpha value is -3.14. The van der Waals surface area contributed by atoms with Crippen LogP contribution in [0.15, 0.2) is 58.8 Å². The summed E-state index contributed by atoms with van der Waals surface area (Å²) >= 11 is 0. The van der Waals surface area contributed by atoms with Gasteiger partial charge in [0.15, 0.2) is 11.6 Å². The van der Waals surface area contributed by atoms with Gasteiger partial charge in [0.25, 0.3) is 15.9 Å². The number of para-hydroxylation sites is 1. The topological polar surface area (TPSA) is 118 Å². The van der Waals surface area contributed by atoms with Crippen LogP contribution in [0.4, 0.5) is 10.5 Å². The van der Waals surface area contributed by atoms with Crippen LogP contribution in [-0.4, -0.2) is 43.7 Å². The van der Waals surface area contributed by atoms with Gasteiger partial charge in [-0.15, -0.1) is 0 Å². The van der Waals surface area contributed by atoms with Crippen molar-refractivity contribution in [3.05, 3.63) is 54.2 Å². The van der Waals surface area contributed by atoms with E-state index in [4.69, 9.17) is 9.57 Å². The van der Waals surface area contributed by atoms with Crippen LogP contribution in [-0.2, 0) is 19.6 Å². The number of anilines is 1. The Morgan fingerprint density at radius 3 is 2.52 bits per heavy atom. The van der Waals surface area contributed by atoms with Gasteiger partial charge in [-0.2, -0.15) is 12.7 Å². The van der Waals surface area contributed by atoms with Gasteiger partial charge in [-0.1, -0.05) is 18.2 Å². The minimum absolute atomic E-state index is 0.0179. The summed E-state index contributed by atoms with van der Waals surface area (Å²) in [6, 6.07) is 10.3. The molecule has 25 heavy (non-hydrogen) atoms. The van der Waals surface area contributed by atoms with Crippen molar-refractivity contribution in [3.63, 3.8) is 0 Å². The molecule has 0 bridgehead atoms. The van der Waals surface area contributed by atoms with Crippen LogP contribution < -0.4 is 4.31 Å². The van der Waals surface area contributed by atoms with E-state index in [0.29, 0.717) is 0 Å². The largest absolute Gasteiger partial charge is 0.471 e. The lowest BCUT2D eigenvalue weighted by Crippen LogP contribution is -2.37. The van der Waals surface area contributed by atoms with E-state index in [1.54, 1.807) is 6.07 Å². The minimum atomic E-state index is -4.53. The van der Waals surface area contributed by atoms with Crippen molar-refractivity contribution in [2.45, 2.75) is 5.03 Å². The standard InChI is InChI=1S/C15H13N3O6S/c19-15(20)18(11-5-2-1-3-6-11)25(21,22)14-12(7-4-8-16-14)13-17-24-10-9-23-13/h1-8H,9-10H2,(H,19,20). The highest BCUT2D eigenvalue weighted by Crippen LogP contribution is 2.25. The second-order valence-electron chi connectivity index (χ2n) is 4.82. The zero-order valence-corrected chi connectivity index (χ0v) is 13.6. The number of hydrogen-bond acceptors (Lipinski definition) is 7. The summed E-state index contributed by atoms with van der Waals surface area (Å²) in [6.45, 7) is 0.422. The Balaban J connectivity index is 2.14. The molecular formula is C15H13N3O6S. The summed E-state index contributed by atoms with van der Waals surface area (Å²) in [5, 5.41) is 12.6. The molecule has 3 rings (SSSR count). The molecule has 2 aromatic rings. The fraction of sp³-hybridized carbons (Fsp3) is 0.133. The van der Waals surface area contributed by atoms with E-state index in [0.717, 1.165) is 0 Å². The highest BCUT2D eigenvalue weighted by atomic mass is 32.2. The molecule has 9 nitrogen and oxygen atoms in total. The molecule has 0 radical (unpaired) electrons. The molecule has 1 amide bonds. The number of pyridine rings is 1. The van der Waals surface area contributed by atoms with E-state index in [1.165, 1.54) is 42.6 Å². The molecule has 1 N–H and O–H groups in total. The van der Waals surface area contributed by atoms with Crippen molar-refractivity contribution in [3.8, 4) is 0 Å². The highest BCUT2D eigenvalue weighted by Gasteiger charge is 2.35. The van der Waals surface area contributed by atoms with Gasteiger partial charge in [-0.3, -0.25) is 0 Å². The average Bonchev–Trinajstić information content (AvgIpc) is 2.63. The molecule has 0 saturated heterocycles. The first kappa shape index (κ1) is 16.7. The van der Waals surface area contributed by atoms with Gasteiger partial charge < -0.3 is 14.7 Å². The van der Waals surface area contributed by atoms with Crippen LogP contribution in [0.25, 0.3) is 0 Å². The fourth-order valence-corrected chi connectivity index (χ4v) is 3.60. The van der Waals surface area contributed by atoms with Crippen LogP contribution >= 0.6 is 0 Å². The van der Waals surface area contributed by atoms with Crippen molar-refractivity contribution in [2.24, 2.45) is 5.16 Å². The molecule has 130 valence electrons. The van der Waals surface area contributed by atoms with Gasteiger partial charge in [-0.05, 0) is 29.4 Å². The van der Waals surface area contributed by atoms with Crippen molar-refractivity contribution in [1.29, 1.82) is 0 Å². The molecule has 0 atom stereocenters. The van der Waals surface area contributed by atoms with Gasteiger partial charge in [0.1, 0.15) is 6.61 Å². The molecule has 0 fully saturated rings. The molecule has 0 spiro atoms. The number of aromatic nitrogens is 1. The zero-order chi connectivity index (χ0) is 17.9. The number of rotatable bonds is 4. The predicted molar refractivity (Wildman–Crippen MR) is 86.8 cm³/mol. The number of ether oxygens (including phenoxy) is 1. The van der Waals surface area contributed by atoms with Crippen molar-refractivity contribution < 1.29 is 27.9 Å². The number of oxime groups is 1. The number of carbonyl (C=O) groups is 1. The zero-order valence-electron chi connectivity index (χ0n) is 12.8. The SMILES string of the molecule is O=C(O)N(c1ccccc1)S(=O)(=O)c1ncccc1C1=NOCCO1. The molecular weight excluding hydrogens is 350 g/mol. The van der Waals surface area contributed by atoms with Crippen molar-refractivity contribution in [1.82, 2.24) is 4.98 Å². The summed E-state index contributed by atoms with van der Waals surface area (Å²) in [5.74, 6) is -0.0728. The van der Waals surface area contributed by atoms with Gasteiger partial charge in [0, 0.05) is 6.20 Å². The number of hydrogen-bond donors (Lipinski definition) is 1. The molecule has 0 unspecified atom stereocenters. The summed E-state index contributed by atoms with van der Waals surface area (Å²) in [7, 11) is -4.53. The Morgan fingerprint density at radius 1 is 1.12 bits per heavy atom. The Bertz CT molecular complexity index is 914. The molecule has 10 heteroatoms. The Labute approximate surface area is 143 Å². The lowest BCUT2D eigenvalue weighted by molar-refractivity contribution is 0.0653. The number of carboxylic acid groups (broad SMARTS) is 1. The molecule has 0 aliphatic carbocycles. The lowest BCUT2D eigenvalue weighted by Gasteiger charge is -2.21. The normalized spacial score (nSPS) is 14.0. The number of nitrogens with zero attached hydrogens (tertiary/aromatic N) is 3. The van der Waals surface area contributed by atoms with E-state index in [1.807, 2.05) is 0 Å². The van der Waals surface area contributed by atoms with Crippen LogP contribution in [0.2, 0.25) is 0 Å². The van der Waals surface area contributed by atoms with E-state index >= 15 is 0 Å². The van der Waals surface area contributed by atoms with E-state index < -0.39 is 21.1 Å². The smallest absolute Gasteiger partial charge is 0.426 e. The van der Waals surface area contributed by atoms with E-state index in [-0.39, 0.29) is 34.7 Å². The van der Waals surface area contributed by atoms with Crippen LogP contribution in [0, 0.1) is 0 Å². The predicted octanol–water partition coefficient (Wildman–Crippen LogP) is 1.66. The van der Waals surface area contributed by atoms with Gasteiger partial charge in [0.05, 0.1) is 11.3 Å². The summed E-state index contributed by atoms with van der Waals surface area (Å²) in [6.07, 6.45) is -0.420. The second-order valence-corrected chi connectivity index (χ2v) is 6.52. The maximum Gasteiger partial charge on any atom is 0.426 e. The Morgan fingerprint density at radius 2 is 1.88 bits per heavy atom. The van der Waals surface area contributed by atoms with Crippen LogP contribution in [0.1, 0.15) is 5.56 Å². The fourth-order valence-electron chi connectivity index (χ4n) is 2.19. The average molecular weight is 363 g/mol. The summed E-state index contributed by atoms with van der Waals surface area (Å²) < 4.78 is 31.5. The maximum absolute atomic E-state index is 13.0. The summed E-state index contributed by atoms with van der Waals surface area (Å²) in [4.78, 5) is 20.4. The van der Waals surface area contributed by atoms with E-state index in [9.17, 15) is 18.3 Å². The van der Waals surface area contributed by atoms with Crippen molar-refractivity contribution >= 4 is 27.7 Å². The molecule has 1 aromatic heterocycles. The highest BCUT2D eigenvalue weighted by molar-refractivity contribution is 7.93. The quantitative estimate of drug-likeness (QED) is 0.877. The van der Waals surface area contributed by atoms with Gasteiger partial charge >= 0.3 is 6.09 Å². The number of benzene rings is 1. The molecule has 0 saturated carbocycles. The minimum Gasteiger partial charge on any atom is -0.471 e. The molecule has 2 heterocycles. The third-order valence-corrected chi connectivity index (χ3v) is 4.87. The lowest BCUT2D eigenvalue weighted by atomic mass is 10.3. The second kappa shape index (κ2) is 6.77. The Kier molecular flexibility index (Phi) is 4.52. The first-order valence-electron chi connectivity index (χ1n) is 7.13.